The van der Waals surface area contributed by atoms with E-state index in [1.54, 1.807) is 0 Å². The molecule has 3 aromatic rings. The molecule has 0 amide bonds. The molecule has 2 heterocycles. The molecule has 3 rings (SSSR count). The van der Waals surface area contributed by atoms with Crippen molar-refractivity contribution < 1.29 is 4.92 Å². The Bertz CT molecular complexity index is 947. The van der Waals surface area contributed by atoms with Crippen LogP contribution < -0.4 is 10.6 Å². The second kappa shape index (κ2) is 6.25. The van der Waals surface area contributed by atoms with E-state index in [1.165, 1.54) is 17.7 Å². The summed E-state index contributed by atoms with van der Waals surface area (Å²) in [5.41, 5.74) is 1.35. The van der Waals surface area contributed by atoms with Gasteiger partial charge in [-0.05, 0) is 39.3 Å². The Morgan fingerprint density at radius 2 is 1.92 bits per heavy atom. The fourth-order valence-electron chi connectivity index (χ4n) is 2.33. The molecule has 0 atom stereocenters. The number of anilines is 3. The normalized spacial score (nSPS) is 11.5. The number of nitrogens with one attached hydrogen (secondary N) is 2. The number of para-hydroxylation sites is 1. The molecule has 1 aromatic carbocycles. The average molecular weight is 358 g/mol. The smallest absolute Gasteiger partial charge is 0.353 e. The van der Waals surface area contributed by atoms with Gasteiger partial charge in [0.1, 0.15) is 6.33 Å². The third-order valence-electron chi connectivity index (χ3n) is 3.34. The number of fused-ring (bicyclic) bond motifs is 1. The van der Waals surface area contributed by atoms with E-state index in [0.717, 1.165) is 15.8 Å². The summed E-state index contributed by atoms with van der Waals surface area (Å²) in [5.74, 6) is 0.288. The number of benzene rings is 1. The minimum Gasteiger partial charge on any atom is -0.360 e. The van der Waals surface area contributed by atoms with Crippen molar-refractivity contribution in [3.63, 3.8) is 0 Å². The van der Waals surface area contributed by atoms with E-state index in [-0.39, 0.29) is 22.9 Å². The van der Waals surface area contributed by atoms with Crippen LogP contribution >= 0.6 is 11.3 Å². The number of hydrogen-bond acceptors (Lipinski definition) is 8. The standard InChI is InChI=1S/C16H18N6O2S/c1-9-6-5-7-10-11(9)19-15(25-10)20-13-12(22(23)24)14(18-8-17-13)21-16(2,3)4/h5-8H,1-4H3,(H2,17,18,19,20,21). The van der Waals surface area contributed by atoms with Gasteiger partial charge < -0.3 is 10.6 Å². The second-order valence-electron chi connectivity index (χ2n) is 6.62. The molecular weight excluding hydrogens is 340 g/mol. The highest BCUT2D eigenvalue weighted by molar-refractivity contribution is 7.22. The van der Waals surface area contributed by atoms with Crippen molar-refractivity contribution in [2.75, 3.05) is 10.6 Å². The summed E-state index contributed by atoms with van der Waals surface area (Å²) in [6.07, 6.45) is 1.29. The Morgan fingerprint density at radius 3 is 2.56 bits per heavy atom. The van der Waals surface area contributed by atoms with E-state index >= 15 is 0 Å². The van der Waals surface area contributed by atoms with Crippen molar-refractivity contribution in [3.8, 4) is 0 Å². The number of aromatic nitrogens is 3. The fraction of sp³-hybridized carbons (Fsp3) is 0.312. The third kappa shape index (κ3) is 3.66. The summed E-state index contributed by atoms with van der Waals surface area (Å²) in [6.45, 7) is 7.69. The number of nitrogens with zero attached hydrogens (tertiary/aromatic N) is 4. The maximum Gasteiger partial charge on any atom is 0.353 e. The Kier molecular flexibility index (Phi) is 4.25. The molecule has 0 saturated heterocycles. The van der Waals surface area contributed by atoms with Gasteiger partial charge in [0, 0.05) is 5.54 Å². The Labute approximate surface area is 148 Å². The zero-order chi connectivity index (χ0) is 18.2. The molecule has 0 spiro atoms. The van der Waals surface area contributed by atoms with Gasteiger partial charge in [0.25, 0.3) is 0 Å². The van der Waals surface area contributed by atoms with Crippen LogP contribution in [-0.2, 0) is 0 Å². The van der Waals surface area contributed by atoms with E-state index in [0.29, 0.717) is 5.13 Å². The third-order valence-corrected chi connectivity index (χ3v) is 4.28. The van der Waals surface area contributed by atoms with Crippen LogP contribution in [0.2, 0.25) is 0 Å². The van der Waals surface area contributed by atoms with Gasteiger partial charge in [0.15, 0.2) is 5.13 Å². The molecule has 2 N–H and O–H groups in total. The number of thiazole rings is 1. The van der Waals surface area contributed by atoms with Crippen molar-refractivity contribution in [2.24, 2.45) is 0 Å². The van der Waals surface area contributed by atoms with Crippen molar-refractivity contribution in [1.29, 1.82) is 0 Å². The topological polar surface area (TPSA) is 106 Å². The maximum atomic E-state index is 11.6. The lowest BCUT2D eigenvalue weighted by Gasteiger charge is -2.21. The van der Waals surface area contributed by atoms with Crippen LogP contribution in [0, 0.1) is 17.0 Å². The number of hydrogen-bond donors (Lipinski definition) is 2. The number of nitro groups is 1. The summed E-state index contributed by atoms with van der Waals surface area (Å²) in [7, 11) is 0. The number of aryl methyl sites for hydroxylation is 1. The van der Waals surface area contributed by atoms with Crippen molar-refractivity contribution in [1.82, 2.24) is 15.0 Å². The van der Waals surface area contributed by atoms with Crippen LogP contribution in [0.1, 0.15) is 26.3 Å². The first-order chi connectivity index (χ1) is 11.7. The van der Waals surface area contributed by atoms with Gasteiger partial charge in [-0.1, -0.05) is 23.5 Å². The fourth-order valence-corrected chi connectivity index (χ4v) is 3.27. The molecule has 0 bridgehead atoms. The zero-order valence-corrected chi connectivity index (χ0v) is 15.1. The van der Waals surface area contributed by atoms with Crippen LogP contribution in [0.25, 0.3) is 10.2 Å². The molecule has 0 aliphatic heterocycles. The summed E-state index contributed by atoms with van der Waals surface area (Å²) >= 11 is 1.42. The summed E-state index contributed by atoms with van der Waals surface area (Å²) in [4.78, 5) is 23.7. The van der Waals surface area contributed by atoms with Crippen LogP contribution in [0.15, 0.2) is 24.5 Å². The van der Waals surface area contributed by atoms with Crippen LogP contribution in [0.5, 0.6) is 0 Å². The summed E-state index contributed by atoms with van der Waals surface area (Å²) in [6, 6.07) is 5.90. The lowest BCUT2D eigenvalue weighted by molar-refractivity contribution is -0.383. The monoisotopic (exact) mass is 358 g/mol. The Morgan fingerprint density at radius 1 is 1.20 bits per heavy atom. The molecular formula is C16H18N6O2S. The highest BCUT2D eigenvalue weighted by Gasteiger charge is 2.26. The predicted molar refractivity (Wildman–Crippen MR) is 99.7 cm³/mol. The molecule has 25 heavy (non-hydrogen) atoms. The molecule has 0 aliphatic carbocycles. The molecule has 0 radical (unpaired) electrons. The second-order valence-corrected chi connectivity index (χ2v) is 7.65. The van der Waals surface area contributed by atoms with Crippen molar-refractivity contribution in [3.05, 3.63) is 40.2 Å². The lowest BCUT2D eigenvalue weighted by Crippen LogP contribution is -2.27. The van der Waals surface area contributed by atoms with Gasteiger partial charge in [-0.25, -0.2) is 15.0 Å². The van der Waals surface area contributed by atoms with E-state index in [2.05, 4.69) is 25.6 Å². The summed E-state index contributed by atoms with van der Waals surface area (Å²) < 4.78 is 1.01. The Balaban J connectivity index is 2.02. The van der Waals surface area contributed by atoms with Crippen molar-refractivity contribution >= 4 is 44.0 Å². The molecule has 0 aliphatic rings. The highest BCUT2D eigenvalue weighted by Crippen LogP contribution is 2.35. The van der Waals surface area contributed by atoms with E-state index in [9.17, 15) is 10.1 Å². The van der Waals surface area contributed by atoms with Gasteiger partial charge in [-0.3, -0.25) is 10.1 Å². The molecule has 9 heteroatoms. The van der Waals surface area contributed by atoms with Gasteiger partial charge in [0.2, 0.25) is 11.6 Å². The first-order valence-electron chi connectivity index (χ1n) is 7.65. The average Bonchev–Trinajstić information content (AvgIpc) is 2.89. The number of rotatable bonds is 4. The molecule has 8 nitrogen and oxygen atoms in total. The van der Waals surface area contributed by atoms with E-state index in [1.807, 2.05) is 45.9 Å². The lowest BCUT2D eigenvalue weighted by atomic mass is 10.1. The molecule has 0 unspecified atom stereocenters. The van der Waals surface area contributed by atoms with Crippen molar-refractivity contribution in [2.45, 2.75) is 33.2 Å². The van der Waals surface area contributed by atoms with Gasteiger partial charge in [-0.15, -0.1) is 0 Å². The van der Waals surface area contributed by atoms with Gasteiger partial charge >= 0.3 is 5.69 Å². The van der Waals surface area contributed by atoms with Gasteiger partial charge in [0.05, 0.1) is 15.1 Å². The Hall–Kier alpha value is -2.81. The minimum absolute atomic E-state index is 0.114. The summed E-state index contributed by atoms with van der Waals surface area (Å²) in [5, 5.41) is 18.1. The molecule has 0 saturated carbocycles. The predicted octanol–water partition coefficient (Wildman–Crippen LogP) is 4.26. The molecule has 2 aromatic heterocycles. The molecule has 0 fully saturated rings. The first kappa shape index (κ1) is 17.0. The largest absolute Gasteiger partial charge is 0.360 e. The van der Waals surface area contributed by atoms with Crippen LogP contribution in [0.3, 0.4) is 0 Å². The van der Waals surface area contributed by atoms with E-state index < -0.39 is 4.92 Å². The SMILES string of the molecule is Cc1cccc2sc(Nc3ncnc(NC(C)(C)C)c3[N+](=O)[O-])nc12. The van der Waals surface area contributed by atoms with Crippen LogP contribution in [-0.4, -0.2) is 25.4 Å². The van der Waals surface area contributed by atoms with Crippen LogP contribution in [0.4, 0.5) is 22.5 Å². The van der Waals surface area contributed by atoms with E-state index in [4.69, 9.17) is 0 Å². The first-order valence-corrected chi connectivity index (χ1v) is 8.47. The zero-order valence-electron chi connectivity index (χ0n) is 14.3. The maximum absolute atomic E-state index is 11.6. The highest BCUT2D eigenvalue weighted by atomic mass is 32.1. The quantitative estimate of drug-likeness (QED) is 0.530. The van der Waals surface area contributed by atoms with Gasteiger partial charge in [-0.2, -0.15) is 0 Å². The molecule has 130 valence electrons. The minimum atomic E-state index is -0.491.